The maximum absolute atomic E-state index is 4.33. The first-order valence-electron chi connectivity index (χ1n) is 10.9. The molecule has 0 saturated carbocycles. The third-order valence-electron chi connectivity index (χ3n) is 5.42. The number of hydrogen-bond acceptors (Lipinski definition) is 3. The van der Waals surface area contributed by atoms with Gasteiger partial charge in [0.1, 0.15) is 11.6 Å². The van der Waals surface area contributed by atoms with Crippen molar-refractivity contribution in [2.24, 2.45) is 0 Å². The molecule has 2 aromatic heterocycles. The van der Waals surface area contributed by atoms with Gasteiger partial charge in [-0.25, -0.2) is 9.97 Å². The summed E-state index contributed by atoms with van der Waals surface area (Å²) in [5.74, 6) is 2.24. The third kappa shape index (κ3) is 8.29. The number of imidazole rings is 2. The van der Waals surface area contributed by atoms with E-state index in [1.165, 1.54) is 71.0 Å². The van der Waals surface area contributed by atoms with E-state index >= 15 is 0 Å². The normalized spacial score (nSPS) is 11.6. The first-order valence-corrected chi connectivity index (χ1v) is 10.9. The monoisotopic (exact) mass is 373 g/mol. The zero-order valence-corrected chi connectivity index (χ0v) is 17.7. The molecule has 0 aromatic carbocycles. The highest BCUT2D eigenvalue weighted by Gasteiger charge is 2.06. The smallest absolute Gasteiger partial charge is 0.105 e. The van der Waals surface area contributed by atoms with Crippen LogP contribution in [0.15, 0.2) is 24.8 Å². The minimum absolute atomic E-state index is 1.07. The topological polar surface area (TPSA) is 38.9 Å². The number of rotatable bonds is 15. The Morgan fingerprint density at radius 3 is 1.67 bits per heavy atom. The molecule has 5 heteroatoms. The molecule has 27 heavy (non-hydrogen) atoms. The van der Waals surface area contributed by atoms with Crippen molar-refractivity contribution in [2.75, 3.05) is 19.6 Å². The Labute approximate surface area is 165 Å². The SMILES string of the molecule is CCCCCCCCN(CCCn1ccnc1C)CCCn1ccnc1C. The van der Waals surface area contributed by atoms with Crippen molar-refractivity contribution in [3.8, 4) is 0 Å². The molecule has 2 rings (SSSR count). The molecule has 2 heterocycles. The molecule has 2 aromatic rings. The van der Waals surface area contributed by atoms with Crippen molar-refractivity contribution in [1.29, 1.82) is 0 Å². The fraction of sp³-hybridized carbons (Fsp3) is 0.727. The van der Waals surface area contributed by atoms with Crippen LogP contribution in [-0.4, -0.2) is 43.6 Å². The molecular formula is C22H39N5. The first kappa shape index (κ1) is 21.7. The lowest BCUT2D eigenvalue weighted by molar-refractivity contribution is 0.250. The number of hydrogen-bond donors (Lipinski definition) is 0. The van der Waals surface area contributed by atoms with E-state index < -0.39 is 0 Å². The van der Waals surface area contributed by atoms with E-state index in [1.54, 1.807) is 0 Å². The van der Waals surface area contributed by atoms with Crippen LogP contribution in [0.3, 0.4) is 0 Å². The highest BCUT2D eigenvalue weighted by atomic mass is 15.1. The molecule has 0 aliphatic carbocycles. The maximum Gasteiger partial charge on any atom is 0.105 e. The van der Waals surface area contributed by atoms with E-state index in [-0.39, 0.29) is 0 Å². The molecular weight excluding hydrogens is 334 g/mol. The van der Waals surface area contributed by atoms with Crippen molar-refractivity contribution < 1.29 is 0 Å². The first-order chi connectivity index (χ1) is 13.2. The lowest BCUT2D eigenvalue weighted by Crippen LogP contribution is -2.29. The Hall–Kier alpha value is -1.62. The molecule has 152 valence electrons. The van der Waals surface area contributed by atoms with Crippen LogP contribution in [0.1, 0.15) is 69.9 Å². The Balaban J connectivity index is 1.70. The van der Waals surface area contributed by atoms with Crippen molar-refractivity contribution in [1.82, 2.24) is 24.0 Å². The molecule has 0 aliphatic rings. The van der Waals surface area contributed by atoms with E-state index in [9.17, 15) is 0 Å². The average Bonchev–Trinajstić information content (AvgIpc) is 3.26. The largest absolute Gasteiger partial charge is 0.335 e. The molecule has 0 spiro atoms. The van der Waals surface area contributed by atoms with Gasteiger partial charge in [-0.1, -0.05) is 39.0 Å². The summed E-state index contributed by atoms with van der Waals surface area (Å²) in [5, 5.41) is 0. The lowest BCUT2D eigenvalue weighted by atomic mass is 10.1. The second-order valence-corrected chi connectivity index (χ2v) is 7.65. The quantitative estimate of drug-likeness (QED) is 0.419. The van der Waals surface area contributed by atoms with Crippen molar-refractivity contribution in [3.63, 3.8) is 0 Å². The molecule has 0 atom stereocenters. The molecule has 0 N–H and O–H groups in total. The van der Waals surface area contributed by atoms with Gasteiger partial charge in [-0.05, 0) is 52.7 Å². The van der Waals surface area contributed by atoms with Gasteiger partial charge in [0.05, 0.1) is 0 Å². The molecule has 0 unspecified atom stereocenters. The van der Waals surface area contributed by atoms with Gasteiger partial charge in [-0.3, -0.25) is 0 Å². The lowest BCUT2D eigenvalue weighted by Gasteiger charge is -2.23. The van der Waals surface area contributed by atoms with Gasteiger partial charge in [-0.2, -0.15) is 0 Å². The number of aromatic nitrogens is 4. The van der Waals surface area contributed by atoms with Crippen LogP contribution >= 0.6 is 0 Å². The molecule has 0 saturated heterocycles. The zero-order chi connectivity index (χ0) is 19.3. The summed E-state index contributed by atoms with van der Waals surface area (Å²) in [6, 6.07) is 0. The van der Waals surface area contributed by atoms with E-state index in [2.05, 4.69) is 57.2 Å². The molecule has 0 bridgehead atoms. The van der Waals surface area contributed by atoms with Crippen molar-refractivity contribution in [2.45, 2.75) is 85.2 Å². The minimum atomic E-state index is 1.07. The molecule has 5 nitrogen and oxygen atoms in total. The fourth-order valence-electron chi connectivity index (χ4n) is 3.66. The van der Waals surface area contributed by atoms with Gasteiger partial charge >= 0.3 is 0 Å². The van der Waals surface area contributed by atoms with Crippen LogP contribution in [0, 0.1) is 13.8 Å². The highest BCUT2D eigenvalue weighted by Crippen LogP contribution is 2.08. The number of nitrogens with zero attached hydrogens (tertiary/aromatic N) is 5. The Morgan fingerprint density at radius 2 is 1.19 bits per heavy atom. The zero-order valence-electron chi connectivity index (χ0n) is 17.7. The molecule has 0 aliphatic heterocycles. The van der Waals surface area contributed by atoms with Crippen LogP contribution in [0.4, 0.5) is 0 Å². The van der Waals surface area contributed by atoms with Gasteiger partial charge in [0.2, 0.25) is 0 Å². The molecule has 0 radical (unpaired) electrons. The number of aryl methyl sites for hydroxylation is 4. The van der Waals surface area contributed by atoms with Crippen molar-refractivity contribution >= 4 is 0 Å². The summed E-state index contributed by atoms with van der Waals surface area (Å²) in [5.41, 5.74) is 0. The summed E-state index contributed by atoms with van der Waals surface area (Å²) in [7, 11) is 0. The summed E-state index contributed by atoms with van der Waals surface area (Å²) in [6.07, 6.45) is 18.6. The van der Waals surface area contributed by atoms with Crippen molar-refractivity contribution in [3.05, 3.63) is 36.4 Å². The second kappa shape index (κ2) is 12.7. The van der Waals surface area contributed by atoms with E-state index in [1.807, 2.05) is 12.4 Å². The Kier molecular flexibility index (Phi) is 10.2. The van der Waals surface area contributed by atoms with Gasteiger partial charge in [-0.15, -0.1) is 0 Å². The van der Waals surface area contributed by atoms with E-state index in [0.29, 0.717) is 0 Å². The predicted octanol–water partition coefficient (Wildman–Crippen LogP) is 4.84. The van der Waals surface area contributed by atoms with E-state index in [0.717, 1.165) is 24.7 Å². The van der Waals surface area contributed by atoms with E-state index in [4.69, 9.17) is 0 Å². The maximum atomic E-state index is 4.33. The van der Waals surface area contributed by atoms with Gasteiger partial charge in [0.15, 0.2) is 0 Å². The average molecular weight is 374 g/mol. The third-order valence-corrected chi connectivity index (χ3v) is 5.42. The standard InChI is InChI=1S/C22H39N5/c1-4-5-6-7-8-9-14-25(15-10-17-26-19-12-23-21(26)2)16-11-18-27-20-13-24-22(27)3/h12-13,19-20H,4-11,14-18H2,1-3H3. The van der Waals surface area contributed by atoms with Crippen LogP contribution in [0.5, 0.6) is 0 Å². The van der Waals surface area contributed by atoms with Crippen LogP contribution in [0.25, 0.3) is 0 Å². The van der Waals surface area contributed by atoms with Gasteiger partial charge in [0.25, 0.3) is 0 Å². The minimum Gasteiger partial charge on any atom is -0.335 e. The molecule has 0 fully saturated rings. The summed E-state index contributed by atoms with van der Waals surface area (Å²) < 4.78 is 4.52. The second-order valence-electron chi connectivity index (χ2n) is 7.65. The van der Waals surface area contributed by atoms with Crippen LogP contribution in [-0.2, 0) is 13.1 Å². The predicted molar refractivity (Wildman–Crippen MR) is 113 cm³/mol. The Bertz CT molecular complexity index is 570. The van der Waals surface area contributed by atoms with Gasteiger partial charge < -0.3 is 14.0 Å². The van der Waals surface area contributed by atoms with Gasteiger partial charge in [0, 0.05) is 37.9 Å². The summed E-state index contributed by atoms with van der Waals surface area (Å²) in [6.45, 7) is 12.2. The molecule has 0 amide bonds. The Morgan fingerprint density at radius 1 is 0.704 bits per heavy atom. The van der Waals surface area contributed by atoms with Crippen LogP contribution in [0.2, 0.25) is 0 Å². The highest BCUT2D eigenvalue weighted by molar-refractivity contribution is 4.89. The summed E-state index contributed by atoms with van der Waals surface area (Å²) >= 11 is 0. The number of unbranched alkanes of at least 4 members (excludes halogenated alkanes) is 5. The fourth-order valence-corrected chi connectivity index (χ4v) is 3.66. The summed E-state index contributed by atoms with van der Waals surface area (Å²) in [4.78, 5) is 11.3. The van der Waals surface area contributed by atoms with Crippen LogP contribution < -0.4 is 0 Å².